The van der Waals surface area contributed by atoms with Gasteiger partial charge >= 0.3 is 6.09 Å². The Morgan fingerprint density at radius 3 is 2.55 bits per heavy atom. The SMILES string of the molecule is CC1OCCC1NC1CCCCC1CNC(=O)OC(C)(C)C. The van der Waals surface area contributed by atoms with E-state index in [1.807, 2.05) is 20.8 Å². The zero-order chi connectivity index (χ0) is 16.2. The van der Waals surface area contributed by atoms with E-state index in [1.54, 1.807) is 0 Å². The molecular formula is C17H32N2O3. The average Bonchev–Trinajstić information content (AvgIpc) is 2.81. The summed E-state index contributed by atoms with van der Waals surface area (Å²) < 4.78 is 11.0. The molecule has 1 amide bonds. The Kier molecular flexibility index (Phi) is 6.09. The Morgan fingerprint density at radius 1 is 1.18 bits per heavy atom. The third kappa shape index (κ3) is 5.43. The van der Waals surface area contributed by atoms with E-state index < -0.39 is 5.60 Å². The molecule has 2 rings (SSSR count). The molecule has 0 spiro atoms. The van der Waals surface area contributed by atoms with Crippen molar-refractivity contribution in [3.63, 3.8) is 0 Å². The summed E-state index contributed by atoms with van der Waals surface area (Å²) >= 11 is 0. The molecule has 2 aliphatic rings. The lowest BCUT2D eigenvalue weighted by Crippen LogP contribution is -2.50. The van der Waals surface area contributed by atoms with Crippen LogP contribution in [0.15, 0.2) is 0 Å². The number of nitrogens with one attached hydrogen (secondary N) is 2. The van der Waals surface area contributed by atoms with E-state index in [1.165, 1.54) is 19.3 Å². The summed E-state index contributed by atoms with van der Waals surface area (Å²) in [4.78, 5) is 11.8. The lowest BCUT2D eigenvalue weighted by atomic mass is 9.83. The van der Waals surface area contributed by atoms with Gasteiger partial charge in [0.2, 0.25) is 0 Å². The first-order valence-electron chi connectivity index (χ1n) is 8.69. The highest BCUT2D eigenvalue weighted by Crippen LogP contribution is 2.26. The van der Waals surface area contributed by atoms with Crippen LogP contribution in [0.1, 0.15) is 59.8 Å². The molecule has 1 aliphatic carbocycles. The minimum absolute atomic E-state index is 0.293. The predicted octanol–water partition coefficient (Wildman–Crippen LogP) is 2.84. The van der Waals surface area contributed by atoms with Gasteiger partial charge < -0.3 is 20.1 Å². The van der Waals surface area contributed by atoms with Gasteiger partial charge in [0, 0.05) is 25.2 Å². The smallest absolute Gasteiger partial charge is 0.407 e. The zero-order valence-electron chi connectivity index (χ0n) is 14.5. The number of ether oxygens (including phenoxy) is 2. The van der Waals surface area contributed by atoms with Crippen molar-refractivity contribution < 1.29 is 14.3 Å². The third-order valence-electron chi connectivity index (χ3n) is 4.62. The van der Waals surface area contributed by atoms with Crippen LogP contribution in [0.5, 0.6) is 0 Å². The number of hydrogen-bond donors (Lipinski definition) is 2. The van der Waals surface area contributed by atoms with Crippen LogP contribution in [-0.4, -0.2) is 43.0 Å². The van der Waals surface area contributed by atoms with Crippen molar-refractivity contribution in [3.05, 3.63) is 0 Å². The summed E-state index contributed by atoms with van der Waals surface area (Å²) in [6, 6.07) is 0.921. The minimum Gasteiger partial charge on any atom is -0.444 e. The minimum atomic E-state index is -0.440. The van der Waals surface area contributed by atoms with Crippen molar-refractivity contribution in [1.29, 1.82) is 0 Å². The summed E-state index contributed by atoms with van der Waals surface area (Å²) in [5.41, 5.74) is -0.440. The van der Waals surface area contributed by atoms with Crippen molar-refractivity contribution >= 4 is 6.09 Å². The topological polar surface area (TPSA) is 59.6 Å². The zero-order valence-corrected chi connectivity index (χ0v) is 14.5. The van der Waals surface area contributed by atoms with Gasteiger partial charge in [0.05, 0.1) is 6.10 Å². The Labute approximate surface area is 134 Å². The van der Waals surface area contributed by atoms with Gasteiger partial charge in [0.15, 0.2) is 0 Å². The van der Waals surface area contributed by atoms with Crippen LogP contribution in [0.25, 0.3) is 0 Å². The fourth-order valence-electron chi connectivity index (χ4n) is 3.43. The van der Waals surface area contributed by atoms with E-state index in [0.717, 1.165) is 19.4 Å². The Morgan fingerprint density at radius 2 is 1.91 bits per heavy atom. The van der Waals surface area contributed by atoms with Crippen LogP contribution in [0.2, 0.25) is 0 Å². The van der Waals surface area contributed by atoms with Gasteiger partial charge in [-0.2, -0.15) is 0 Å². The van der Waals surface area contributed by atoms with Gasteiger partial charge in [0.1, 0.15) is 5.60 Å². The van der Waals surface area contributed by atoms with Crippen LogP contribution in [0, 0.1) is 5.92 Å². The van der Waals surface area contributed by atoms with E-state index >= 15 is 0 Å². The highest BCUT2D eigenvalue weighted by molar-refractivity contribution is 5.67. The second-order valence-corrected chi connectivity index (χ2v) is 7.67. The molecule has 0 radical (unpaired) electrons. The fourth-order valence-corrected chi connectivity index (χ4v) is 3.43. The van der Waals surface area contributed by atoms with Crippen molar-refractivity contribution in [2.75, 3.05) is 13.2 Å². The van der Waals surface area contributed by atoms with Crippen LogP contribution in [-0.2, 0) is 9.47 Å². The number of rotatable bonds is 4. The fraction of sp³-hybridized carbons (Fsp3) is 0.941. The first-order chi connectivity index (χ1) is 10.3. The van der Waals surface area contributed by atoms with Gasteiger partial charge in [-0.1, -0.05) is 12.8 Å². The monoisotopic (exact) mass is 312 g/mol. The van der Waals surface area contributed by atoms with Crippen molar-refractivity contribution in [1.82, 2.24) is 10.6 Å². The van der Waals surface area contributed by atoms with Crippen molar-refractivity contribution in [3.8, 4) is 0 Å². The number of amides is 1. The van der Waals surface area contributed by atoms with Gasteiger partial charge in [-0.15, -0.1) is 0 Å². The second-order valence-electron chi connectivity index (χ2n) is 7.67. The molecule has 2 N–H and O–H groups in total. The summed E-state index contributed by atoms with van der Waals surface area (Å²) in [5, 5.41) is 6.72. The molecule has 1 saturated heterocycles. The Bertz CT molecular complexity index is 367. The number of alkyl carbamates (subject to hydrolysis) is 1. The highest BCUT2D eigenvalue weighted by atomic mass is 16.6. The maximum absolute atomic E-state index is 11.8. The molecule has 0 aromatic carbocycles. The van der Waals surface area contributed by atoms with Crippen LogP contribution in [0.3, 0.4) is 0 Å². The van der Waals surface area contributed by atoms with Gasteiger partial charge in [-0.3, -0.25) is 0 Å². The standard InChI is InChI=1S/C17H32N2O3/c1-12-14(9-10-21-12)19-15-8-6-5-7-13(15)11-18-16(20)22-17(2,3)4/h12-15,19H,5-11H2,1-4H3,(H,18,20). The molecule has 5 heteroatoms. The Balaban J connectivity index is 1.80. The second kappa shape index (κ2) is 7.64. The van der Waals surface area contributed by atoms with Crippen LogP contribution < -0.4 is 10.6 Å². The first-order valence-corrected chi connectivity index (χ1v) is 8.69. The molecule has 4 atom stereocenters. The summed E-state index contributed by atoms with van der Waals surface area (Å²) in [6.45, 7) is 9.35. The van der Waals surface area contributed by atoms with Crippen LogP contribution >= 0.6 is 0 Å². The molecule has 128 valence electrons. The van der Waals surface area contributed by atoms with Crippen molar-refractivity contribution in [2.45, 2.75) is 83.6 Å². The molecular weight excluding hydrogens is 280 g/mol. The molecule has 0 bridgehead atoms. The lowest BCUT2D eigenvalue weighted by Gasteiger charge is -2.35. The van der Waals surface area contributed by atoms with E-state index in [4.69, 9.17) is 9.47 Å². The van der Waals surface area contributed by atoms with Gasteiger partial charge in [-0.25, -0.2) is 4.79 Å². The lowest BCUT2D eigenvalue weighted by molar-refractivity contribution is 0.0507. The molecule has 2 fully saturated rings. The van der Waals surface area contributed by atoms with E-state index in [0.29, 0.717) is 30.7 Å². The molecule has 0 aromatic heterocycles. The summed E-state index contributed by atoms with van der Waals surface area (Å²) in [7, 11) is 0. The van der Waals surface area contributed by atoms with E-state index in [2.05, 4.69) is 17.6 Å². The van der Waals surface area contributed by atoms with Gasteiger partial charge in [0.25, 0.3) is 0 Å². The van der Waals surface area contributed by atoms with Crippen LogP contribution in [0.4, 0.5) is 4.79 Å². The highest BCUT2D eigenvalue weighted by Gasteiger charge is 2.31. The van der Waals surface area contributed by atoms with E-state index in [9.17, 15) is 4.79 Å². The number of carbonyl (C=O) groups is 1. The number of carbonyl (C=O) groups excluding carboxylic acids is 1. The quantitative estimate of drug-likeness (QED) is 0.838. The normalized spacial score (nSPS) is 32.7. The van der Waals surface area contributed by atoms with E-state index in [-0.39, 0.29) is 6.09 Å². The molecule has 4 unspecified atom stereocenters. The van der Waals surface area contributed by atoms with Crippen molar-refractivity contribution in [2.24, 2.45) is 5.92 Å². The molecule has 1 saturated carbocycles. The molecule has 1 heterocycles. The summed E-state index contributed by atoms with van der Waals surface area (Å²) in [6.07, 6.45) is 5.93. The largest absolute Gasteiger partial charge is 0.444 e. The average molecular weight is 312 g/mol. The maximum atomic E-state index is 11.8. The Hall–Kier alpha value is -0.810. The first kappa shape index (κ1) is 17.5. The molecule has 5 nitrogen and oxygen atoms in total. The van der Waals surface area contributed by atoms with Gasteiger partial charge in [-0.05, 0) is 52.9 Å². The predicted molar refractivity (Wildman–Crippen MR) is 86.9 cm³/mol. The molecule has 1 aliphatic heterocycles. The molecule has 22 heavy (non-hydrogen) atoms. The number of hydrogen-bond acceptors (Lipinski definition) is 4. The summed E-state index contributed by atoms with van der Waals surface area (Å²) in [5.74, 6) is 0.481. The third-order valence-corrected chi connectivity index (χ3v) is 4.62. The maximum Gasteiger partial charge on any atom is 0.407 e. The molecule has 0 aromatic rings.